The molecule has 4 aliphatic rings. The second-order valence-electron chi connectivity index (χ2n) is 10.2. The summed E-state index contributed by atoms with van der Waals surface area (Å²) in [6.45, 7) is 3.61. The van der Waals surface area contributed by atoms with E-state index in [0.717, 1.165) is 38.5 Å². The van der Waals surface area contributed by atoms with E-state index in [2.05, 4.69) is 6.92 Å². The van der Waals surface area contributed by atoms with Crippen LogP contribution in [0.4, 0.5) is 0 Å². The van der Waals surface area contributed by atoms with E-state index in [9.17, 15) is 25.2 Å². The van der Waals surface area contributed by atoms with Crippen molar-refractivity contribution in [3.63, 3.8) is 0 Å². The van der Waals surface area contributed by atoms with E-state index in [0.29, 0.717) is 24.7 Å². The maximum Gasteiger partial charge on any atom is 0.190 e. The number of aliphatic hydroxyl groups excluding tert-OH is 3. The lowest BCUT2D eigenvalue weighted by Crippen LogP contribution is -2.63. The first kappa shape index (κ1) is 18.9. The van der Waals surface area contributed by atoms with E-state index in [-0.39, 0.29) is 23.4 Å². The Morgan fingerprint density at radius 1 is 1.08 bits per heavy atom. The van der Waals surface area contributed by atoms with Crippen molar-refractivity contribution >= 4 is 5.78 Å². The number of carbonyl (C=O) groups excluding carboxylic acids is 1. The minimum Gasteiger partial charge on any atom is -0.393 e. The molecule has 4 aliphatic carbocycles. The van der Waals surface area contributed by atoms with Gasteiger partial charge in [-0.1, -0.05) is 13.8 Å². The summed E-state index contributed by atoms with van der Waals surface area (Å²) < 4.78 is 0. The van der Waals surface area contributed by atoms with Crippen LogP contribution >= 0.6 is 0 Å². The molecule has 0 unspecified atom stereocenters. The van der Waals surface area contributed by atoms with Crippen molar-refractivity contribution in [2.45, 2.75) is 83.0 Å². The van der Waals surface area contributed by atoms with Gasteiger partial charge in [-0.2, -0.15) is 0 Å². The number of rotatable bonds is 2. The molecule has 5 heteroatoms. The first-order chi connectivity index (χ1) is 12.2. The molecule has 0 heterocycles. The van der Waals surface area contributed by atoms with Crippen LogP contribution in [0, 0.1) is 34.5 Å². The third-order valence-corrected chi connectivity index (χ3v) is 9.33. The lowest BCUT2D eigenvalue weighted by Gasteiger charge is -2.62. The van der Waals surface area contributed by atoms with Crippen LogP contribution in [0.1, 0.15) is 65.2 Å². The summed E-state index contributed by atoms with van der Waals surface area (Å²) in [6, 6.07) is 0. The summed E-state index contributed by atoms with van der Waals surface area (Å²) in [4.78, 5) is 12.4. The smallest absolute Gasteiger partial charge is 0.190 e. The molecular formula is C21H34O5. The summed E-state index contributed by atoms with van der Waals surface area (Å²) in [5.41, 5.74) is -2.14. The first-order valence-corrected chi connectivity index (χ1v) is 10.4. The molecule has 4 N–H and O–H groups in total. The molecule has 0 radical (unpaired) electrons. The van der Waals surface area contributed by atoms with Gasteiger partial charge in [0.15, 0.2) is 5.78 Å². The highest BCUT2D eigenvalue weighted by atomic mass is 16.3. The SMILES string of the molecule is C[C@]12CC[C@H](O)C[C@@H]1CC[C@H]1[C@H]2[C@H](O)C[C@]2(C)[C@@H]1CC[C@@]2(O)C(=O)CO. The van der Waals surface area contributed by atoms with Gasteiger partial charge in [0.2, 0.25) is 0 Å². The average molecular weight is 366 g/mol. The minimum atomic E-state index is -1.52. The number of hydrogen-bond acceptors (Lipinski definition) is 5. The van der Waals surface area contributed by atoms with Crippen molar-refractivity contribution in [3.8, 4) is 0 Å². The van der Waals surface area contributed by atoms with Gasteiger partial charge in [0.1, 0.15) is 12.2 Å². The second kappa shape index (κ2) is 6.00. The average Bonchev–Trinajstić information content (AvgIpc) is 2.86. The molecule has 4 saturated carbocycles. The fourth-order valence-electron chi connectivity index (χ4n) is 7.95. The van der Waals surface area contributed by atoms with E-state index < -0.39 is 29.5 Å². The van der Waals surface area contributed by atoms with E-state index in [1.54, 1.807) is 0 Å². The number of hydrogen-bond donors (Lipinski definition) is 4. The lowest BCUT2D eigenvalue weighted by molar-refractivity contribution is -0.202. The Labute approximate surface area is 155 Å². The normalized spacial score (nSPS) is 56.4. The molecule has 0 aromatic rings. The number of aliphatic hydroxyl groups is 4. The summed E-state index contributed by atoms with van der Waals surface area (Å²) in [6.07, 6.45) is 5.48. The quantitative estimate of drug-likeness (QED) is 0.596. The van der Waals surface area contributed by atoms with Crippen molar-refractivity contribution in [3.05, 3.63) is 0 Å². The van der Waals surface area contributed by atoms with Crippen LogP contribution in [0.3, 0.4) is 0 Å². The van der Waals surface area contributed by atoms with Crippen LogP contribution in [0.25, 0.3) is 0 Å². The van der Waals surface area contributed by atoms with Gasteiger partial charge >= 0.3 is 0 Å². The van der Waals surface area contributed by atoms with E-state index in [4.69, 9.17) is 0 Å². The van der Waals surface area contributed by atoms with Gasteiger partial charge in [0, 0.05) is 5.41 Å². The van der Waals surface area contributed by atoms with Crippen LogP contribution in [0.15, 0.2) is 0 Å². The van der Waals surface area contributed by atoms with Crippen LogP contribution in [0.2, 0.25) is 0 Å². The highest BCUT2D eigenvalue weighted by Crippen LogP contribution is 2.68. The second-order valence-corrected chi connectivity index (χ2v) is 10.2. The van der Waals surface area contributed by atoms with Crippen LogP contribution < -0.4 is 0 Å². The molecule has 0 aromatic heterocycles. The van der Waals surface area contributed by atoms with Crippen molar-refractivity contribution in [2.75, 3.05) is 6.61 Å². The van der Waals surface area contributed by atoms with Gasteiger partial charge in [-0.25, -0.2) is 0 Å². The van der Waals surface area contributed by atoms with Crippen LogP contribution in [-0.4, -0.2) is 50.6 Å². The third kappa shape index (κ3) is 2.27. The highest BCUT2D eigenvalue weighted by Gasteiger charge is 2.68. The molecule has 0 saturated heterocycles. The Morgan fingerprint density at radius 2 is 1.81 bits per heavy atom. The van der Waals surface area contributed by atoms with Crippen LogP contribution in [0.5, 0.6) is 0 Å². The maximum atomic E-state index is 12.4. The van der Waals surface area contributed by atoms with E-state index >= 15 is 0 Å². The van der Waals surface area contributed by atoms with E-state index in [1.165, 1.54) is 0 Å². The molecule has 4 fully saturated rings. The molecule has 26 heavy (non-hydrogen) atoms. The maximum absolute atomic E-state index is 12.4. The number of Topliss-reactive ketones (excluding diaryl/α,β-unsaturated/α-hetero) is 1. The van der Waals surface area contributed by atoms with Crippen molar-refractivity contribution in [1.82, 2.24) is 0 Å². The van der Waals surface area contributed by atoms with Gasteiger partial charge < -0.3 is 20.4 Å². The van der Waals surface area contributed by atoms with Crippen molar-refractivity contribution in [2.24, 2.45) is 34.5 Å². The molecule has 0 aromatic carbocycles. The fraction of sp³-hybridized carbons (Fsp3) is 0.952. The molecule has 4 rings (SSSR count). The predicted octanol–water partition coefficient (Wildman–Crippen LogP) is 1.65. The Balaban J connectivity index is 1.69. The molecule has 148 valence electrons. The predicted molar refractivity (Wildman–Crippen MR) is 96.2 cm³/mol. The van der Waals surface area contributed by atoms with Gasteiger partial charge in [0.05, 0.1) is 12.2 Å². The first-order valence-electron chi connectivity index (χ1n) is 10.4. The fourth-order valence-corrected chi connectivity index (χ4v) is 7.95. The summed E-state index contributed by atoms with van der Waals surface area (Å²) >= 11 is 0. The highest BCUT2D eigenvalue weighted by molar-refractivity contribution is 5.89. The molecule has 0 aliphatic heterocycles. The number of ketones is 1. The molecule has 0 bridgehead atoms. The summed E-state index contributed by atoms with van der Waals surface area (Å²) in [7, 11) is 0. The van der Waals surface area contributed by atoms with Gasteiger partial charge in [-0.05, 0) is 80.5 Å². The Kier molecular flexibility index (Phi) is 4.35. The molecular weight excluding hydrogens is 332 g/mol. The van der Waals surface area contributed by atoms with Crippen LogP contribution in [-0.2, 0) is 4.79 Å². The topological polar surface area (TPSA) is 98.0 Å². The summed E-state index contributed by atoms with van der Waals surface area (Å²) in [5, 5.41) is 41.9. The summed E-state index contributed by atoms with van der Waals surface area (Å²) in [5.74, 6) is 0.653. The third-order valence-electron chi connectivity index (χ3n) is 9.33. The zero-order valence-electron chi connectivity index (χ0n) is 16.0. The zero-order chi connectivity index (χ0) is 18.9. The molecule has 0 spiro atoms. The number of carbonyl (C=O) groups is 1. The monoisotopic (exact) mass is 366 g/mol. The Hall–Kier alpha value is -0.490. The van der Waals surface area contributed by atoms with Crippen molar-refractivity contribution in [1.29, 1.82) is 0 Å². The lowest BCUT2D eigenvalue weighted by atomic mass is 9.43. The Bertz CT molecular complexity index is 593. The zero-order valence-corrected chi connectivity index (χ0v) is 16.0. The van der Waals surface area contributed by atoms with Crippen molar-refractivity contribution < 1.29 is 25.2 Å². The molecule has 0 amide bonds. The van der Waals surface area contributed by atoms with Gasteiger partial charge in [-0.15, -0.1) is 0 Å². The minimum absolute atomic E-state index is 0.0323. The standard InChI is InChI=1S/C21H34O5/c1-19-7-5-13(23)9-12(19)3-4-14-15-6-8-21(26,17(25)11-22)20(15,2)10-16(24)18(14)19/h12-16,18,22-24,26H,3-11H2,1-2H3/t12-,13-,14+,15+,16+,18-,19-,20+,21+/m0/s1. The van der Waals surface area contributed by atoms with E-state index in [1.807, 2.05) is 6.92 Å². The van der Waals surface area contributed by atoms with Gasteiger partial charge in [-0.3, -0.25) is 4.79 Å². The van der Waals surface area contributed by atoms with Gasteiger partial charge in [0.25, 0.3) is 0 Å². The molecule has 9 atom stereocenters. The molecule has 5 nitrogen and oxygen atoms in total. The number of fused-ring (bicyclic) bond motifs is 5. The largest absolute Gasteiger partial charge is 0.393 e. The Morgan fingerprint density at radius 3 is 2.50 bits per heavy atom.